The van der Waals surface area contributed by atoms with Gasteiger partial charge in [0.1, 0.15) is 0 Å². The number of rotatable bonds is 4. The van der Waals surface area contributed by atoms with E-state index < -0.39 is 29.2 Å². The van der Waals surface area contributed by atoms with Crippen molar-refractivity contribution in [3.63, 3.8) is 0 Å². The van der Waals surface area contributed by atoms with E-state index in [1.807, 2.05) is 0 Å². The number of ether oxygens (including phenoxy) is 1. The summed E-state index contributed by atoms with van der Waals surface area (Å²) in [6.45, 7) is -0.265. The quantitative estimate of drug-likeness (QED) is 0.782. The predicted molar refractivity (Wildman–Crippen MR) is 61.7 cm³/mol. The highest BCUT2D eigenvalue weighted by Crippen LogP contribution is 2.39. The van der Waals surface area contributed by atoms with Crippen LogP contribution in [0.1, 0.15) is 11.5 Å². The van der Waals surface area contributed by atoms with Gasteiger partial charge in [-0.25, -0.2) is 4.39 Å². The molecule has 17 heavy (non-hydrogen) atoms. The van der Waals surface area contributed by atoms with Crippen molar-refractivity contribution in [1.82, 2.24) is 0 Å². The van der Waals surface area contributed by atoms with Gasteiger partial charge in [-0.05, 0) is 6.07 Å². The Morgan fingerprint density at radius 1 is 1.71 bits per heavy atom. The van der Waals surface area contributed by atoms with Gasteiger partial charge in [0.2, 0.25) is 0 Å². The molecule has 0 heterocycles. The van der Waals surface area contributed by atoms with Gasteiger partial charge in [-0.2, -0.15) is 0 Å². The van der Waals surface area contributed by atoms with E-state index >= 15 is 0 Å². The lowest BCUT2D eigenvalue weighted by molar-refractivity contribution is -0.138. The Morgan fingerprint density at radius 2 is 2.29 bits per heavy atom. The molecule has 0 aromatic heterocycles. The summed E-state index contributed by atoms with van der Waals surface area (Å²) < 4.78 is 18.8. The van der Waals surface area contributed by atoms with Crippen molar-refractivity contribution in [3.05, 3.63) is 21.9 Å². The summed E-state index contributed by atoms with van der Waals surface area (Å²) in [6, 6.07) is 1.17. The molecule has 1 rings (SSSR count). The second kappa shape index (κ2) is 5.33. The molecule has 0 amide bonds. The van der Waals surface area contributed by atoms with Gasteiger partial charge in [-0.3, -0.25) is 4.79 Å². The van der Waals surface area contributed by atoms with E-state index in [9.17, 15) is 14.3 Å². The molecule has 7 heteroatoms. The summed E-state index contributed by atoms with van der Waals surface area (Å²) in [6.07, 6.45) is 0. The summed E-state index contributed by atoms with van der Waals surface area (Å²) in [4.78, 5) is 10.9. The molecule has 0 saturated heterocycles. The average molecular weight is 308 g/mol. The number of hydrogen-bond acceptors (Lipinski definition) is 4. The molecule has 0 aliphatic rings. The zero-order chi connectivity index (χ0) is 13.2. The first-order valence-corrected chi connectivity index (χ1v) is 5.41. The molecular formula is C10H11BrFNO4. The third kappa shape index (κ3) is 2.50. The Kier molecular flexibility index (Phi) is 4.30. The molecule has 0 aliphatic carbocycles. The number of phenolic OH excluding ortho intramolecular Hbond substituents is 1. The number of methoxy groups -OCH3 is 1. The van der Waals surface area contributed by atoms with Crippen LogP contribution < -0.4 is 10.5 Å². The Bertz CT molecular complexity index is 452. The third-order valence-corrected chi connectivity index (χ3v) is 2.93. The van der Waals surface area contributed by atoms with E-state index in [1.54, 1.807) is 0 Å². The smallest absolute Gasteiger partial charge is 0.312 e. The topological polar surface area (TPSA) is 92.8 Å². The molecule has 0 spiro atoms. The van der Waals surface area contributed by atoms with Gasteiger partial charge >= 0.3 is 5.97 Å². The minimum Gasteiger partial charge on any atom is -0.504 e. The van der Waals surface area contributed by atoms with Crippen LogP contribution in [0.2, 0.25) is 0 Å². The number of carboxylic acids is 1. The number of aliphatic carboxylic acids is 1. The van der Waals surface area contributed by atoms with Crippen molar-refractivity contribution in [2.24, 2.45) is 5.73 Å². The van der Waals surface area contributed by atoms with E-state index in [1.165, 1.54) is 13.2 Å². The molecule has 0 saturated carbocycles. The summed E-state index contributed by atoms with van der Waals surface area (Å²) in [5, 5.41) is 18.4. The van der Waals surface area contributed by atoms with Crippen LogP contribution in [0.4, 0.5) is 4.39 Å². The number of benzene rings is 1. The second-order valence-electron chi connectivity index (χ2n) is 3.26. The largest absolute Gasteiger partial charge is 0.504 e. The molecule has 4 N–H and O–H groups in total. The summed E-state index contributed by atoms with van der Waals surface area (Å²) >= 11 is 3.00. The van der Waals surface area contributed by atoms with Crippen molar-refractivity contribution in [3.8, 4) is 11.5 Å². The number of carboxylic acid groups (broad SMARTS) is 1. The van der Waals surface area contributed by atoms with Crippen LogP contribution in [0, 0.1) is 5.82 Å². The fourth-order valence-electron chi connectivity index (χ4n) is 1.46. The van der Waals surface area contributed by atoms with E-state index in [0.29, 0.717) is 0 Å². The molecule has 0 bridgehead atoms. The number of phenols is 1. The zero-order valence-corrected chi connectivity index (χ0v) is 10.5. The molecule has 0 radical (unpaired) electrons. The standard InChI is InChI=1S/C10H11BrFNO4/c1-17-9-6(14)2-5(11)7(8(9)12)4(3-13)10(15)16/h2,4,14H,3,13H2,1H3,(H,15,16). The highest BCUT2D eigenvalue weighted by Gasteiger charge is 2.28. The van der Waals surface area contributed by atoms with Crippen molar-refractivity contribution >= 4 is 21.9 Å². The molecule has 0 aliphatic heterocycles. The highest BCUT2D eigenvalue weighted by molar-refractivity contribution is 9.10. The second-order valence-corrected chi connectivity index (χ2v) is 4.12. The SMILES string of the molecule is COc1c(O)cc(Br)c(C(CN)C(=O)O)c1F. The van der Waals surface area contributed by atoms with Gasteiger partial charge in [0, 0.05) is 16.6 Å². The lowest BCUT2D eigenvalue weighted by Crippen LogP contribution is -2.23. The number of halogens is 2. The Hall–Kier alpha value is -1.34. The fraction of sp³-hybridized carbons (Fsp3) is 0.300. The van der Waals surface area contributed by atoms with Crippen molar-refractivity contribution in [2.45, 2.75) is 5.92 Å². The lowest BCUT2D eigenvalue weighted by Gasteiger charge is -2.16. The fourth-order valence-corrected chi connectivity index (χ4v) is 2.13. The summed E-state index contributed by atoms with van der Waals surface area (Å²) in [5.74, 6) is -4.21. The van der Waals surface area contributed by atoms with Crippen LogP contribution >= 0.6 is 15.9 Å². The third-order valence-electron chi connectivity index (χ3n) is 2.28. The van der Waals surface area contributed by atoms with E-state index in [0.717, 1.165) is 0 Å². The first-order chi connectivity index (χ1) is 7.93. The highest BCUT2D eigenvalue weighted by atomic mass is 79.9. The monoisotopic (exact) mass is 307 g/mol. The van der Waals surface area contributed by atoms with Crippen LogP contribution in [0.3, 0.4) is 0 Å². The molecule has 1 atom stereocenters. The van der Waals surface area contributed by atoms with Gasteiger partial charge in [0.05, 0.1) is 13.0 Å². The van der Waals surface area contributed by atoms with Gasteiger partial charge < -0.3 is 20.7 Å². The van der Waals surface area contributed by atoms with Crippen molar-refractivity contribution < 1.29 is 24.1 Å². The number of hydrogen-bond donors (Lipinski definition) is 3. The number of nitrogens with two attached hydrogens (primary N) is 1. The van der Waals surface area contributed by atoms with E-state index in [-0.39, 0.29) is 16.6 Å². The Balaban J connectivity index is 3.47. The molecule has 1 aromatic carbocycles. The van der Waals surface area contributed by atoms with Gasteiger partial charge in [0.25, 0.3) is 0 Å². The molecule has 1 aromatic rings. The number of aromatic hydroxyl groups is 1. The lowest BCUT2D eigenvalue weighted by atomic mass is 9.98. The maximum Gasteiger partial charge on any atom is 0.312 e. The zero-order valence-electron chi connectivity index (χ0n) is 8.91. The van der Waals surface area contributed by atoms with Crippen molar-refractivity contribution in [2.75, 3.05) is 13.7 Å². The maximum atomic E-state index is 14.0. The first-order valence-electron chi connectivity index (χ1n) is 4.61. The summed E-state index contributed by atoms with van der Waals surface area (Å²) in [7, 11) is 1.17. The summed E-state index contributed by atoms with van der Waals surface area (Å²) in [5.41, 5.74) is 5.16. The van der Waals surface area contributed by atoms with Gasteiger partial charge in [0.15, 0.2) is 17.3 Å². The Morgan fingerprint density at radius 3 is 2.71 bits per heavy atom. The van der Waals surface area contributed by atoms with Crippen molar-refractivity contribution in [1.29, 1.82) is 0 Å². The molecule has 0 fully saturated rings. The maximum absolute atomic E-state index is 14.0. The van der Waals surface area contributed by atoms with Gasteiger partial charge in [-0.15, -0.1) is 0 Å². The molecular weight excluding hydrogens is 297 g/mol. The van der Waals surface area contributed by atoms with Crippen LogP contribution in [0.15, 0.2) is 10.5 Å². The Labute approximate surface area is 105 Å². The molecule has 5 nitrogen and oxygen atoms in total. The van der Waals surface area contributed by atoms with Crippen LogP contribution in [0.5, 0.6) is 11.5 Å². The number of carbonyl (C=O) groups is 1. The normalized spacial score (nSPS) is 12.2. The predicted octanol–water partition coefficient (Wildman–Crippen LogP) is 1.43. The molecule has 1 unspecified atom stereocenters. The minimum absolute atomic E-state index is 0.131. The van der Waals surface area contributed by atoms with Crippen LogP contribution in [-0.4, -0.2) is 29.8 Å². The van der Waals surface area contributed by atoms with Crippen LogP contribution in [0.25, 0.3) is 0 Å². The minimum atomic E-state index is -1.25. The van der Waals surface area contributed by atoms with Crippen LogP contribution in [-0.2, 0) is 4.79 Å². The van der Waals surface area contributed by atoms with Gasteiger partial charge in [-0.1, -0.05) is 15.9 Å². The first kappa shape index (κ1) is 13.7. The van der Waals surface area contributed by atoms with E-state index in [4.69, 9.17) is 10.8 Å². The molecule has 94 valence electrons. The average Bonchev–Trinajstić information content (AvgIpc) is 2.23. The van der Waals surface area contributed by atoms with E-state index in [2.05, 4.69) is 20.7 Å².